The Hall–Kier alpha value is -1.88. The number of ether oxygens (including phenoxy) is 1. The number of carbonyl (C=O) groups excluding carboxylic acids is 1. The van der Waals surface area contributed by atoms with Crippen LogP contribution in [0.25, 0.3) is 0 Å². The molecule has 2 rings (SSSR count). The molecule has 0 aliphatic rings. The summed E-state index contributed by atoms with van der Waals surface area (Å²) in [7, 11) is 0. The molecule has 4 nitrogen and oxygen atoms in total. The van der Waals surface area contributed by atoms with Gasteiger partial charge in [-0.3, -0.25) is 4.79 Å². The molecule has 1 heterocycles. The molecule has 0 radical (unpaired) electrons. The van der Waals surface area contributed by atoms with Crippen molar-refractivity contribution in [3.8, 4) is 5.75 Å². The van der Waals surface area contributed by atoms with Crippen molar-refractivity contribution < 1.29 is 9.53 Å². The molecular formula is C16H17BrN2O2. The molecule has 1 aromatic carbocycles. The summed E-state index contributed by atoms with van der Waals surface area (Å²) in [4.78, 5) is 16.0. The van der Waals surface area contributed by atoms with Gasteiger partial charge in [0.05, 0.1) is 0 Å². The SMILES string of the molecule is Cc1ccnc(NC(=O)COc2cc(C)c(Br)cc2C)c1. The lowest BCUT2D eigenvalue weighted by molar-refractivity contribution is -0.118. The van der Waals surface area contributed by atoms with Crippen molar-refractivity contribution in [2.45, 2.75) is 20.8 Å². The minimum Gasteiger partial charge on any atom is -0.483 e. The molecular weight excluding hydrogens is 332 g/mol. The molecule has 0 fully saturated rings. The summed E-state index contributed by atoms with van der Waals surface area (Å²) in [6, 6.07) is 7.58. The van der Waals surface area contributed by atoms with Crippen LogP contribution in [0.2, 0.25) is 0 Å². The first-order chi connectivity index (χ1) is 9.95. The number of pyridine rings is 1. The fraction of sp³-hybridized carbons (Fsp3) is 0.250. The number of nitrogens with zero attached hydrogens (tertiary/aromatic N) is 1. The van der Waals surface area contributed by atoms with Crippen molar-refractivity contribution >= 4 is 27.7 Å². The van der Waals surface area contributed by atoms with Gasteiger partial charge in [-0.2, -0.15) is 0 Å². The number of carbonyl (C=O) groups is 1. The van der Waals surface area contributed by atoms with Crippen molar-refractivity contribution in [3.05, 3.63) is 51.6 Å². The minimum absolute atomic E-state index is 0.0441. The molecule has 21 heavy (non-hydrogen) atoms. The van der Waals surface area contributed by atoms with E-state index in [4.69, 9.17) is 4.74 Å². The third kappa shape index (κ3) is 4.29. The van der Waals surface area contributed by atoms with Crippen molar-refractivity contribution in [3.63, 3.8) is 0 Å². The fourth-order valence-corrected chi connectivity index (χ4v) is 2.29. The molecule has 0 aliphatic heterocycles. The third-order valence-corrected chi connectivity index (χ3v) is 3.85. The third-order valence-electron chi connectivity index (χ3n) is 3.00. The normalized spacial score (nSPS) is 10.3. The molecule has 0 spiro atoms. The number of benzene rings is 1. The Balaban J connectivity index is 1.97. The highest BCUT2D eigenvalue weighted by Crippen LogP contribution is 2.26. The van der Waals surface area contributed by atoms with Crippen LogP contribution in [0, 0.1) is 20.8 Å². The monoisotopic (exact) mass is 348 g/mol. The second kappa shape index (κ2) is 6.72. The van der Waals surface area contributed by atoms with Crippen LogP contribution in [0.3, 0.4) is 0 Å². The first kappa shape index (κ1) is 15.5. The molecule has 110 valence electrons. The number of hydrogen-bond acceptors (Lipinski definition) is 3. The number of nitrogens with one attached hydrogen (secondary N) is 1. The van der Waals surface area contributed by atoms with Crippen molar-refractivity contribution in [1.82, 2.24) is 4.98 Å². The molecule has 1 N–H and O–H groups in total. The number of rotatable bonds is 4. The summed E-state index contributed by atoms with van der Waals surface area (Å²) >= 11 is 3.47. The zero-order chi connectivity index (χ0) is 15.4. The average Bonchev–Trinajstić information content (AvgIpc) is 2.41. The van der Waals surface area contributed by atoms with E-state index in [1.54, 1.807) is 6.20 Å². The highest BCUT2D eigenvalue weighted by atomic mass is 79.9. The smallest absolute Gasteiger partial charge is 0.263 e. The Morgan fingerprint density at radius 3 is 2.71 bits per heavy atom. The van der Waals surface area contributed by atoms with Crippen molar-refractivity contribution in [2.24, 2.45) is 0 Å². The Morgan fingerprint density at radius 1 is 1.24 bits per heavy atom. The van der Waals surface area contributed by atoms with E-state index in [0.717, 1.165) is 21.2 Å². The highest BCUT2D eigenvalue weighted by molar-refractivity contribution is 9.10. The molecule has 1 amide bonds. The number of halogens is 1. The number of aryl methyl sites for hydroxylation is 3. The molecule has 0 atom stereocenters. The first-order valence-corrected chi connectivity index (χ1v) is 7.37. The Morgan fingerprint density at radius 2 is 2.00 bits per heavy atom. The zero-order valence-electron chi connectivity index (χ0n) is 12.2. The molecule has 0 saturated carbocycles. The van der Waals surface area contributed by atoms with Gasteiger partial charge >= 0.3 is 0 Å². The van der Waals surface area contributed by atoms with Crippen LogP contribution in [0.5, 0.6) is 5.75 Å². The first-order valence-electron chi connectivity index (χ1n) is 6.58. The highest BCUT2D eigenvalue weighted by Gasteiger charge is 2.08. The van der Waals surface area contributed by atoms with E-state index in [1.165, 1.54) is 0 Å². The van der Waals surface area contributed by atoms with Gasteiger partial charge in [-0.15, -0.1) is 0 Å². The quantitative estimate of drug-likeness (QED) is 0.914. The van der Waals surface area contributed by atoms with E-state index >= 15 is 0 Å². The van der Waals surface area contributed by atoms with Gasteiger partial charge in [-0.25, -0.2) is 4.98 Å². The van der Waals surface area contributed by atoms with Crippen molar-refractivity contribution in [2.75, 3.05) is 11.9 Å². The second-order valence-electron chi connectivity index (χ2n) is 4.92. The van der Waals surface area contributed by atoms with Crippen LogP contribution >= 0.6 is 15.9 Å². The lowest BCUT2D eigenvalue weighted by Gasteiger charge is -2.11. The van der Waals surface area contributed by atoms with Gasteiger partial charge < -0.3 is 10.1 Å². The van der Waals surface area contributed by atoms with Crippen LogP contribution in [0.1, 0.15) is 16.7 Å². The van der Waals surface area contributed by atoms with Gasteiger partial charge in [0.1, 0.15) is 11.6 Å². The summed E-state index contributed by atoms with van der Waals surface area (Å²) < 4.78 is 6.60. The van der Waals surface area contributed by atoms with E-state index in [0.29, 0.717) is 11.6 Å². The Labute approximate surface area is 132 Å². The van der Waals surface area contributed by atoms with Gasteiger partial charge in [0.25, 0.3) is 5.91 Å². The lowest BCUT2D eigenvalue weighted by atomic mass is 10.1. The average molecular weight is 349 g/mol. The minimum atomic E-state index is -0.229. The lowest BCUT2D eigenvalue weighted by Crippen LogP contribution is -2.21. The molecule has 0 saturated heterocycles. The molecule has 2 aromatic rings. The number of anilines is 1. The van der Waals surface area contributed by atoms with Crippen LogP contribution in [0.4, 0.5) is 5.82 Å². The number of aromatic nitrogens is 1. The Kier molecular flexibility index (Phi) is 4.96. The summed E-state index contributed by atoms with van der Waals surface area (Å²) in [5.41, 5.74) is 3.09. The van der Waals surface area contributed by atoms with Gasteiger partial charge in [-0.05, 0) is 61.7 Å². The van der Waals surface area contributed by atoms with E-state index in [1.807, 2.05) is 45.0 Å². The van der Waals surface area contributed by atoms with Crippen LogP contribution < -0.4 is 10.1 Å². The van der Waals surface area contributed by atoms with Crippen LogP contribution in [-0.2, 0) is 4.79 Å². The molecule has 1 aromatic heterocycles. The fourth-order valence-electron chi connectivity index (χ4n) is 1.84. The van der Waals surface area contributed by atoms with Gasteiger partial charge in [-0.1, -0.05) is 15.9 Å². The summed E-state index contributed by atoms with van der Waals surface area (Å²) in [5, 5.41) is 2.71. The second-order valence-corrected chi connectivity index (χ2v) is 5.78. The number of amides is 1. The maximum Gasteiger partial charge on any atom is 0.263 e. The largest absolute Gasteiger partial charge is 0.483 e. The predicted molar refractivity (Wildman–Crippen MR) is 86.7 cm³/mol. The van der Waals surface area contributed by atoms with Gasteiger partial charge in [0, 0.05) is 10.7 Å². The maximum absolute atomic E-state index is 11.9. The van der Waals surface area contributed by atoms with E-state index < -0.39 is 0 Å². The van der Waals surface area contributed by atoms with Gasteiger partial charge in [0.15, 0.2) is 6.61 Å². The van der Waals surface area contributed by atoms with Crippen molar-refractivity contribution in [1.29, 1.82) is 0 Å². The predicted octanol–water partition coefficient (Wildman–Crippen LogP) is 3.79. The van der Waals surface area contributed by atoms with Crippen LogP contribution in [0.15, 0.2) is 34.9 Å². The zero-order valence-corrected chi connectivity index (χ0v) is 13.8. The molecule has 5 heteroatoms. The van der Waals surface area contributed by atoms with Crippen LogP contribution in [-0.4, -0.2) is 17.5 Å². The van der Waals surface area contributed by atoms with Gasteiger partial charge in [0.2, 0.25) is 0 Å². The molecule has 0 bridgehead atoms. The maximum atomic E-state index is 11.9. The summed E-state index contributed by atoms with van der Waals surface area (Å²) in [6.45, 7) is 5.83. The van der Waals surface area contributed by atoms with E-state index in [9.17, 15) is 4.79 Å². The summed E-state index contributed by atoms with van der Waals surface area (Å²) in [6.07, 6.45) is 1.66. The Bertz CT molecular complexity index is 671. The molecule has 0 aliphatic carbocycles. The number of hydrogen-bond donors (Lipinski definition) is 1. The van der Waals surface area contributed by atoms with E-state index in [2.05, 4.69) is 26.2 Å². The molecule has 0 unspecified atom stereocenters. The standard InChI is InChI=1S/C16H17BrN2O2/c1-10-4-5-18-15(6-10)19-16(20)9-21-14-8-11(2)13(17)7-12(14)3/h4-8H,9H2,1-3H3,(H,18,19,20). The topological polar surface area (TPSA) is 51.2 Å². The van der Waals surface area contributed by atoms with E-state index in [-0.39, 0.29) is 12.5 Å². The summed E-state index contributed by atoms with van der Waals surface area (Å²) in [5.74, 6) is 1.02.